The van der Waals surface area contributed by atoms with Crippen molar-refractivity contribution in [3.63, 3.8) is 0 Å². The number of aliphatic carboxylic acids is 1. The van der Waals surface area contributed by atoms with Crippen molar-refractivity contribution in [1.82, 2.24) is 9.88 Å². The molecule has 6 nitrogen and oxygen atoms in total. The first kappa shape index (κ1) is 19.7. The Morgan fingerprint density at radius 2 is 1.96 bits per heavy atom. The molecular formula is C19H17F3N2O4. The summed E-state index contributed by atoms with van der Waals surface area (Å²) in [5, 5.41) is 9.12. The van der Waals surface area contributed by atoms with Crippen LogP contribution in [-0.4, -0.2) is 53.2 Å². The molecule has 2 atom stereocenters. The zero-order chi connectivity index (χ0) is 20.5. The van der Waals surface area contributed by atoms with E-state index in [2.05, 4.69) is 4.98 Å². The average molecular weight is 394 g/mol. The number of carboxylic acids is 1. The Bertz CT molecular complexity index is 886. The third-order valence-electron chi connectivity index (χ3n) is 4.73. The van der Waals surface area contributed by atoms with Crippen LogP contribution >= 0.6 is 0 Å². The summed E-state index contributed by atoms with van der Waals surface area (Å²) in [5.41, 5.74) is 1.18. The largest absolute Gasteiger partial charge is 0.496 e. The minimum atomic E-state index is -4.70. The number of hydrogen-bond donors (Lipinski definition) is 1. The van der Waals surface area contributed by atoms with Gasteiger partial charge in [0.05, 0.1) is 24.6 Å². The van der Waals surface area contributed by atoms with Gasteiger partial charge in [-0.3, -0.25) is 14.6 Å². The first-order chi connectivity index (χ1) is 13.2. The van der Waals surface area contributed by atoms with E-state index in [4.69, 9.17) is 9.84 Å². The molecular weight excluding hydrogens is 377 g/mol. The predicted molar refractivity (Wildman–Crippen MR) is 92.8 cm³/mol. The zero-order valence-electron chi connectivity index (χ0n) is 14.8. The number of carboxylic acid groups (broad SMARTS) is 1. The Kier molecular flexibility index (Phi) is 5.26. The number of rotatable bonds is 4. The summed E-state index contributed by atoms with van der Waals surface area (Å²) in [6.45, 7) is -1.19. The topological polar surface area (TPSA) is 79.7 Å². The van der Waals surface area contributed by atoms with Gasteiger partial charge in [-0.15, -0.1) is 0 Å². The van der Waals surface area contributed by atoms with Crippen molar-refractivity contribution in [2.75, 3.05) is 20.2 Å². The third kappa shape index (κ3) is 3.78. The number of methoxy groups -OCH3 is 1. The van der Waals surface area contributed by atoms with E-state index in [1.54, 1.807) is 24.4 Å². The molecule has 28 heavy (non-hydrogen) atoms. The number of nitrogens with zero attached hydrogens (tertiary/aromatic N) is 2. The molecule has 2 aromatic rings. The van der Waals surface area contributed by atoms with Crippen molar-refractivity contribution in [2.45, 2.75) is 6.18 Å². The van der Waals surface area contributed by atoms with E-state index < -0.39 is 43.0 Å². The van der Waals surface area contributed by atoms with E-state index in [9.17, 15) is 22.8 Å². The molecule has 1 aliphatic rings. The van der Waals surface area contributed by atoms with Crippen LogP contribution in [0.15, 0.2) is 42.6 Å². The molecule has 3 rings (SSSR count). The summed E-state index contributed by atoms with van der Waals surface area (Å²) in [6.07, 6.45) is -3.13. The van der Waals surface area contributed by atoms with Crippen LogP contribution in [0.1, 0.15) is 10.4 Å². The highest BCUT2D eigenvalue weighted by atomic mass is 19.4. The van der Waals surface area contributed by atoms with Crippen LogP contribution in [0.4, 0.5) is 13.2 Å². The molecule has 1 fully saturated rings. The second kappa shape index (κ2) is 7.49. The van der Waals surface area contributed by atoms with E-state index in [1.807, 2.05) is 0 Å². The molecule has 0 radical (unpaired) electrons. The van der Waals surface area contributed by atoms with Crippen LogP contribution in [-0.2, 0) is 4.79 Å². The van der Waals surface area contributed by atoms with Crippen LogP contribution in [0.5, 0.6) is 5.75 Å². The van der Waals surface area contributed by atoms with Crippen molar-refractivity contribution >= 4 is 11.9 Å². The fourth-order valence-corrected chi connectivity index (χ4v) is 3.30. The first-order valence-corrected chi connectivity index (χ1v) is 8.40. The fourth-order valence-electron chi connectivity index (χ4n) is 3.30. The molecule has 0 saturated carbocycles. The molecule has 2 heterocycles. The number of ether oxygens (including phenoxy) is 1. The van der Waals surface area contributed by atoms with Gasteiger partial charge in [0.1, 0.15) is 5.75 Å². The quantitative estimate of drug-likeness (QED) is 0.862. The van der Waals surface area contributed by atoms with Gasteiger partial charge < -0.3 is 14.7 Å². The number of amides is 1. The number of likely N-dealkylation sites (tertiary alicyclic amines) is 1. The maximum atomic E-state index is 13.2. The monoisotopic (exact) mass is 394 g/mol. The van der Waals surface area contributed by atoms with E-state index in [0.29, 0.717) is 17.0 Å². The first-order valence-electron chi connectivity index (χ1n) is 8.40. The van der Waals surface area contributed by atoms with E-state index in [1.165, 1.54) is 25.3 Å². The number of benzene rings is 1. The summed E-state index contributed by atoms with van der Waals surface area (Å²) in [5.74, 6) is -5.56. The van der Waals surface area contributed by atoms with Gasteiger partial charge >= 0.3 is 12.1 Å². The summed E-state index contributed by atoms with van der Waals surface area (Å²) >= 11 is 0. The average Bonchev–Trinajstić information content (AvgIpc) is 3.14. The van der Waals surface area contributed by atoms with Gasteiger partial charge in [0.15, 0.2) is 0 Å². The fraction of sp³-hybridized carbons (Fsp3) is 0.316. The number of hydrogen-bond acceptors (Lipinski definition) is 4. The minimum Gasteiger partial charge on any atom is -0.496 e. The van der Waals surface area contributed by atoms with Gasteiger partial charge in [-0.25, -0.2) is 0 Å². The number of alkyl halides is 3. The summed E-state index contributed by atoms with van der Waals surface area (Å²) in [6, 6.07) is 9.64. The SMILES string of the molecule is COc1ccc(C(=O)N2C[C@@H](C(F)(F)F)[C@H](C(=O)O)C2)cc1-c1ccccn1. The lowest BCUT2D eigenvalue weighted by atomic mass is 9.96. The van der Waals surface area contributed by atoms with Crippen molar-refractivity contribution in [3.05, 3.63) is 48.2 Å². The van der Waals surface area contributed by atoms with E-state index in [-0.39, 0.29) is 5.56 Å². The minimum absolute atomic E-state index is 0.133. The maximum Gasteiger partial charge on any atom is 0.394 e. The smallest absolute Gasteiger partial charge is 0.394 e. The van der Waals surface area contributed by atoms with Gasteiger partial charge in [0.25, 0.3) is 5.91 Å². The second-order valence-electron chi connectivity index (χ2n) is 6.43. The standard InChI is InChI=1S/C19H17F3N2O4/c1-28-16-6-5-11(8-12(16)15-4-2-3-7-23-15)17(25)24-9-13(18(26)27)14(10-24)19(20,21)22/h2-8,13-14H,9-10H2,1H3,(H,26,27)/t13-,14-/m1/s1. The summed E-state index contributed by atoms with van der Waals surface area (Å²) in [7, 11) is 1.45. The molecule has 1 N–H and O–H groups in total. The van der Waals surface area contributed by atoms with E-state index >= 15 is 0 Å². The van der Waals surface area contributed by atoms with Crippen LogP contribution in [0.25, 0.3) is 11.3 Å². The van der Waals surface area contributed by atoms with Gasteiger partial charge in [0, 0.05) is 30.4 Å². The van der Waals surface area contributed by atoms with Crippen LogP contribution in [0.3, 0.4) is 0 Å². The van der Waals surface area contributed by atoms with Crippen molar-refractivity contribution < 1.29 is 32.6 Å². The second-order valence-corrected chi connectivity index (χ2v) is 6.43. The molecule has 1 amide bonds. The van der Waals surface area contributed by atoms with Gasteiger partial charge in [-0.1, -0.05) is 6.07 Å². The maximum absolute atomic E-state index is 13.2. The number of carbonyl (C=O) groups is 2. The van der Waals surface area contributed by atoms with Gasteiger partial charge in [0.2, 0.25) is 0 Å². The molecule has 0 unspecified atom stereocenters. The lowest BCUT2D eigenvalue weighted by Gasteiger charge is -2.19. The van der Waals surface area contributed by atoms with Crippen molar-refractivity contribution in [1.29, 1.82) is 0 Å². The third-order valence-corrected chi connectivity index (χ3v) is 4.73. The number of pyridine rings is 1. The Labute approximate surface area is 158 Å². The number of halogens is 3. The molecule has 1 aromatic carbocycles. The zero-order valence-corrected chi connectivity index (χ0v) is 14.8. The van der Waals surface area contributed by atoms with Crippen LogP contribution < -0.4 is 4.74 Å². The lowest BCUT2D eigenvalue weighted by molar-refractivity contribution is -0.187. The summed E-state index contributed by atoms with van der Waals surface area (Å²) in [4.78, 5) is 29.1. The highest BCUT2D eigenvalue weighted by Crippen LogP contribution is 2.38. The molecule has 9 heteroatoms. The van der Waals surface area contributed by atoms with Crippen molar-refractivity contribution in [3.8, 4) is 17.0 Å². The molecule has 0 spiro atoms. The van der Waals surface area contributed by atoms with Crippen LogP contribution in [0, 0.1) is 11.8 Å². The van der Waals surface area contributed by atoms with Gasteiger partial charge in [-0.2, -0.15) is 13.2 Å². The number of carbonyl (C=O) groups excluding carboxylic acids is 1. The van der Waals surface area contributed by atoms with E-state index in [0.717, 1.165) is 4.90 Å². The Balaban J connectivity index is 1.92. The predicted octanol–water partition coefficient (Wildman–Crippen LogP) is 3.09. The number of aromatic nitrogens is 1. The molecule has 1 saturated heterocycles. The highest BCUT2D eigenvalue weighted by Gasteiger charge is 2.53. The molecule has 148 valence electrons. The summed E-state index contributed by atoms with van der Waals surface area (Å²) < 4.78 is 44.8. The van der Waals surface area contributed by atoms with Gasteiger partial charge in [-0.05, 0) is 30.3 Å². The highest BCUT2D eigenvalue weighted by molar-refractivity contribution is 5.96. The Hall–Kier alpha value is -3.10. The normalized spacial score (nSPS) is 19.5. The Morgan fingerprint density at radius 3 is 2.50 bits per heavy atom. The molecule has 0 bridgehead atoms. The lowest BCUT2D eigenvalue weighted by Crippen LogP contribution is -2.34. The molecule has 1 aromatic heterocycles. The molecule has 0 aliphatic carbocycles. The Morgan fingerprint density at radius 1 is 1.21 bits per heavy atom. The van der Waals surface area contributed by atoms with Crippen molar-refractivity contribution in [2.24, 2.45) is 11.8 Å². The van der Waals surface area contributed by atoms with Crippen LogP contribution in [0.2, 0.25) is 0 Å². The molecule has 1 aliphatic heterocycles.